The van der Waals surface area contributed by atoms with Gasteiger partial charge in [0.05, 0.1) is 7.11 Å². The van der Waals surface area contributed by atoms with Crippen LogP contribution in [0.15, 0.2) is 30.3 Å². The highest BCUT2D eigenvalue weighted by Gasteiger charge is 2.34. The summed E-state index contributed by atoms with van der Waals surface area (Å²) in [7, 11) is 1.05. The Labute approximate surface area is 96.6 Å². The zero-order chi connectivity index (χ0) is 12.9. The minimum absolute atomic E-state index is 0.0764. The van der Waals surface area contributed by atoms with Crippen LogP contribution < -0.4 is 5.32 Å². The molecule has 0 radical (unpaired) electrons. The summed E-state index contributed by atoms with van der Waals surface area (Å²) < 4.78 is 40.9. The van der Waals surface area contributed by atoms with Crippen molar-refractivity contribution in [2.75, 3.05) is 7.11 Å². The van der Waals surface area contributed by atoms with Gasteiger partial charge < -0.3 is 4.74 Å². The maximum absolute atomic E-state index is 12.2. The van der Waals surface area contributed by atoms with E-state index in [1.807, 2.05) is 0 Å². The molecule has 0 aromatic heterocycles. The number of hydrogen-bond donors (Lipinski definition) is 1. The lowest BCUT2D eigenvalue weighted by Crippen LogP contribution is -2.47. The van der Waals surface area contributed by atoms with Crippen molar-refractivity contribution in [1.29, 1.82) is 0 Å². The minimum atomic E-state index is -4.62. The van der Waals surface area contributed by atoms with Crippen LogP contribution in [0.2, 0.25) is 0 Å². The number of esters is 1. The lowest BCUT2D eigenvalue weighted by Gasteiger charge is -2.18. The SMILES string of the molecule is COC(=O)C(Cc1ccccc1)NC(F)(F)F. The monoisotopic (exact) mass is 247 g/mol. The molecule has 1 rings (SSSR count). The Kier molecular flexibility index (Phi) is 4.51. The molecular formula is C11H12F3NO2. The molecule has 0 spiro atoms. The zero-order valence-corrected chi connectivity index (χ0v) is 9.12. The predicted octanol–water partition coefficient (Wildman–Crippen LogP) is 1.88. The van der Waals surface area contributed by atoms with Crippen LogP contribution in [-0.4, -0.2) is 25.4 Å². The third kappa shape index (κ3) is 4.86. The van der Waals surface area contributed by atoms with Crippen LogP contribution in [0.5, 0.6) is 0 Å². The van der Waals surface area contributed by atoms with Gasteiger partial charge in [0.25, 0.3) is 0 Å². The van der Waals surface area contributed by atoms with Crippen LogP contribution in [-0.2, 0) is 16.0 Å². The minimum Gasteiger partial charge on any atom is -0.468 e. The van der Waals surface area contributed by atoms with Crippen LogP contribution in [0.25, 0.3) is 0 Å². The van der Waals surface area contributed by atoms with Crippen molar-refractivity contribution in [3.63, 3.8) is 0 Å². The molecule has 0 aliphatic rings. The second-order valence-corrected chi connectivity index (χ2v) is 3.41. The number of carbonyl (C=O) groups excluding carboxylic acids is 1. The molecule has 94 valence electrons. The molecule has 17 heavy (non-hydrogen) atoms. The first-order valence-corrected chi connectivity index (χ1v) is 4.88. The van der Waals surface area contributed by atoms with E-state index in [0.717, 1.165) is 7.11 Å². The predicted molar refractivity (Wildman–Crippen MR) is 55.1 cm³/mol. The van der Waals surface area contributed by atoms with E-state index in [-0.39, 0.29) is 6.42 Å². The van der Waals surface area contributed by atoms with Crippen molar-refractivity contribution >= 4 is 5.97 Å². The summed E-state index contributed by atoms with van der Waals surface area (Å²) in [4.78, 5) is 11.2. The summed E-state index contributed by atoms with van der Waals surface area (Å²) in [6.07, 6.45) is -4.69. The van der Waals surface area contributed by atoms with E-state index in [0.29, 0.717) is 5.56 Å². The van der Waals surface area contributed by atoms with Crippen molar-refractivity contribution in [2.24, 2.45) is 0 Å². The fraction of sp³-hybridized carbons (Fsp3) is 0.364. The molecular weight excluding hydrogens is 235 g/mol. The number of hydrogen-bond acceptors (Lipinski definition) is 3. The molecule has 0 aliphatic heterocycles. The fourth-order valence-corrected chi connectivity index (χ4v) is 1.38. The van der Waals surface area contributed by atoms with E-state index in [9.17, 15) is 18.0 Å². The smallest absolute Gasteiger partial charge is 0.457 e. The van der Waals surface area contributed by atoms with Gasteiger partial charge in [-0.05, 0) is 12.0 Å². The lowest BCUT2D eigenvalue weighted by atomic mass is 10.1. The average Bonchev–Trinajstić information content (AvgIpc) is 2.27. The molecule has 0 heterocycles. The molecule has 0 aliphatic carbocycles. The molecule has 1 N–H and O–H groups in total. The highest BCUT2D eigenvalue weighted by molar-refractivity contribution is 5.76. The number of carbonyl (C=O) groups is 1. The quantitative estimate of drug-likeness (QED) is 0.652. The van der Waals surface area contributed by atoms with E-state index in [2.05, 4.69) is 4.74 Å². The fourth-order valence-electron chi connectivity index (χ4n) is 1.38. The number of methoxy groups -OCH3 is 1. The first-order chi connectivity index (χ1) is 7.92. The van der Waals surface area contributed by atoms with Gasteiger partial charge in [-0.2, -0.15) is 13.2 Å². The summed E-state index contributed by atoms with van der Waals surface area (Å²) >= 11 is 0. The highest BCUT2D eigenvalue weighted by Crippen LogP contribution is 2.14. The van der Waals surface area contributed by atoms with Crippen LogP contribution in [0, 0.1) is 0 Å². The number of rotatable bonds is 4. The number of alkyl halides is 3. The zero-order valence-electron chi connectivity index (χ0n) is 9.12. The van der Waals surface area contributed by atoms with Crippen LogP contribution in [0.3, 0.4) is 0 Å². The molecule has 6 heteroatoms. The van der Waals surface area contributed by atoms with Crippen molar-refractivity contribution in [3.05, 3.63) is 35.9 Å². The van der Waals surface area contributed by atoms with Crippen LogP contribution >= 0.6 is 0 Å². The Balaban J connectivity index is 2.74. The van der Waals surface area contributed by atoms with Gasteiger partial charge in [0, 0.05) is 0 Å². The Morgan fingerprint density at radius 3 is 2.41 bits per heavy atom. The van der Waals surface area contributed by atoms with Crippen molar-refractivity contribution in [1.82, 2.24) is 5.32 Å². The first kappa shape index (κ1) is 13.5. The number of benzene rings is 1. The lowest BCUT2D eigenvalue weighted by molar-refractivity contribution is -0.175. The Hall–Kier alpha value is -1.56. The first-order valence-electron chi connectivity index (χ1n) is 4.88. The molecule has 1 aromatic rings. The third-order valence-corrected chi connectivity index (χ3v) is 2.11. The summed E-state index contributed by atoms with van der Waals surface area (Å²) in [6, 6.07) is 6.99. The average molecular weight is 247 g/mol. The Bertz CT molecular complexity index is 365. The van der Waals surface area contributed by atoms with E-state index < -0.39 is 18.3 Å². The highest BCUT2D eigenvalue weighted by atomic mass is 19.4. The maximum atomic E-state index is 12.2. The maximum Gasteiger partial charge on any atom is 0.457 e. The van der Waals surface area contributed by atoms with Gasteiger partial charge in [0.15, 0.2) is 0 Å². The molecule has 0 saturated carbocycles. The molecule has 0 fully saturated rings. The molecule has 0 amide bonds. The molecule has 0 bridgehead atoms. The van der Waals surface area contributed by atoms with Gasteiger partial charge in [-0.25, -0.2) is 5.32 Å². The van der Waals surface area contributed by atoms with Gasteiger partial charge in [-0.1, -0.05) is 30.3 Å². The normalized spacial score (nSPS) is 13.2. The molecule has 3 nitrogen and oxygen atoms in total. The van der Waals surface area contributed by atoms with E-state index in [1.165, 1.54) is 5.32 Å². The number of halogens is 3. The molecule has 1 unspecified atom stereocenters. The number of nitrogens with one attached hydrogen (secondary N) is 1. The van der Waals surface area contributed by atoms with E-state index in [4.69, 9.17) is 0 Å². The number of ether oxygens (including phenoxy) is 1. The summed E-state index contributed by atoms with van der Waals surface area (Å²) in [5, 5.41) is 1.28. The topological polar surface area (TPSA) is 38.3 Å². The molecule has 0 saturated heterocycles. The van der Waals surface area contributed by atoms with Gasteiger partial charge in [0.2, 0.25) is 0 Å². The van der Waals surface area contributed by atoms with Crippen molar-refractivity contribution in [2.45, 2.75) is 18.8 Å². The molecule has 1 atom stereocenters. The van der Waals surface area contributed by atoms with Crippen LogP contribution in [0.4, 0.5) is 13.2 Å². The Morgan fingerprint density at radius 2 is 1.94 bits per heavy atom. The van der Waals surface area contributed by atoms with Gasteiger partial charge in [-0.3, -0.25) is 4.79 Å². The third-order valence-electron chi connectivity index (χ3n) is 2.11. The van der Waals surface area contributed by atoms with E-state index in [1.54, 1.807) is 30.3 Å². The largest absolute Gasteiger partial charge is 0.468 e. The summed E-state index contributed by atoms with van der Waals surface area (Å²) in [5.41, 5.74) is 0.625. The van der Waals surface area contributed by atoms with Gasteiger partial charge >= 0.3 is 12.3 Å². The molecule has 1 aromatic carbocycles. The van der Waals surface area contributed by atoms with Crippen molar-refractivity contribution in [3.8, 4) is 0 Å². The second-order valence-electron chi connectivity index (χ2n) is 3.41. The van der Waals surface area contributed by atoms with Crippen LogP contribution in [0.1, 0.15) is 5.56 Å². The van der Waals surface area contributed by atoms with Gasteiger partial charge in [-0.15, -0.1) is 0 Å². The van der Waals surface area contributed by atoms with Crippen molar-refractivity contribution < 1.29 is 22.7 Å². The summed E-state index contributed by atoms with van der Waals surface area (Å²) in [5.74, 6) is -0.939. The van der Waals surface area contributed by atoms with E-state index >= 15 is 0 Å². The van der Waals surface area contributed by atoms with Gasteiger partial charge in [0.1, 0.15) is 6.04 Å². The summed E-state index contributed by atoms with van der Waals surface area (Å²) in [6.45, 7) is 0. The second kappa shape index (κ2) is 5.67. The Morgan fingerprint density at radius 1 is 1.35 bits per heavy atom. The standard InChI is InChI=1S/C11H12F3NO2/c1-17-10(16)9(15-11(12,13)14)7-8-5-3-2-4-6-8/h2-6,9,15H,7H2,1H3.